The van der Waals surface area contributed by atoms with E-state index in [0.29, 0.717) is 6.42 Å². The summed E-state index contributed by atoms with van der Waals surface area (Å²) in [5.74, 6) is 0.802. The van der Waals surface area contributed by atoms with Gasteiger partial charge in [0.05, 0.1) is 0 Å². The lowest BCUT2D eigenvalue weighted by Crippen LogP contribution is -2.20. The van der Waals surface area contributed by atoms with Gasteiger partial charge in [-0.2, -0.15) is 0 Å². The third-order valence-electron chi connectivity index (χ3n) is 1.98. The van der Waals surface area contributed by atoms with Crippen LogP contribution in [0.3, 0.4) is 0 Å². The molecular formula is C9H10N2O. The van der Waals surface area contributed by atoms with Gasteiger partial charge in [-0.3, -0.25) is 4.79 Å². The summed E-state index contributed by atoms with van der Waals surface area (Å²) in [7, 11) is 0. The molecule has 0 bridgehead atoms. The van der Waals surface area contributed by atoms with E-state index in [1.807, 2.05) is 6.92 Å². The molecule has 0 radical (unpaired) electrons. The molecule has 0 saturated carbocycles. The molecule has 1 aromatic heterocycles. The molecule has 0 aromatic carbocycles. The summed E-state index contributed by atoms with van der Waals surface area (Å²) < 4.78 is 0. The number of amides is 1. The van der Waals surface area contributed by atoms with Crippen molar-refractivity contribution < 1.29 is 4.79 Å². The van der Waals surface area contributed by atoms with E-state index in [2.05, 4.69) is 16.4 Å². The molecule has 0 saturated heterocycles. The van der Waals surface area contributed by atoms with E-state index in [0.717, 1.165) is 23.4 Å². The molecule has 0 fully saturated rings. The van der Waals surface area contributed by atoms with Crippen LogP contribution in [0.2, 0.25) is 0 Å². The van der Waals surface area contributed by atoms with Crippen LogP contribution in [0.5, 0.6) is 0 Å². The van der Waals surface area contributed by atoms with Gasteiger partial charge >= 0.3 is 0 Å². The van der Waals surface area contributed by atoms with Crippen molar-refractivity contribution in [1.29, 1.82) is 0 Å². The summed E-state index contributed by atoms with van der Waals surface area (Å²) in [6.45, 7) is 2.00. The monoisotopic (exact) mass is 162 g/mol. The first-order chi connectivity index (χ1) is 5.75. The molecule has 1 amide bonds. The molecule has 1 N–H and O–H groups in total. The lowest BCUT2D eigenvalue weighted by atomic mass is 10.1. The molecule has 0 spiro atoms. The van der Waals surface area contributed by atoms with E-state index in [4.69, 9.17) is 0 Å². The van der Waals surface area contributed by atoms with Gasteiger partial charge in [0.25, 0.3) is 0 Å². The van der Waals surface area contributed by atoms with Crippen LogP contribution in [-0.4, -0.2) is 10.9 Å². The maximum absolute atomic E-state index is 11.0. The summed E-state index contributed by atoms with van der Waals surface area (Å²) in [6.07, 6.45) is 3.17. The number of nitrogens with one attached hydrogen (secondary N) is 1. The predicted octanol–water partition coefficient (Wildman–Crippen LogP) is 1.27. The largest absolute Gasteiger partial charge is 0.310 e. The minimum absolute atomic E-state index is 0.0684. The number of anilines is 1. The summed E-state index contributed by atoms with van der Waals surface area (Å²) in [5.41, 5.74) is 2.29. The van der Waals surface area contributed by atoms with Gasteiger partial charge in [0.1, 0.15) is 5.82 Å². The molecule has 12 heavy (non-hydrogen) atoms. The van der Waals surface area contributed by atoms with Crippen molar-refractivity contribution in [3.8, 4) is 0 Å². The van der Waals surface area contributed by atoms with Crippen molar-refractivity contribution >= 4 is 11.7 Å². The normalized spacial score (nSPS) is 15.2. The lowest BCUT2D eigenvalue weighted by molar-refractivity contribution is -0.116. The Kier molecular flexibility index (Phi) is 1.57. The molecule has 2 rings (SSSR count). The Morgan fingerprint density at radius 3 is 3.17 bits per heavy atom. The SMILES string of the molecule is Cc1cnc2c(c1)CCC(=O)N2. The van der Waals surface area contributed by atoms with Crippen molar-refractivity contribution in [2.45, 2.75) is 19.8 Å². The first kappa shape index (κ1) is 7.28. The second kappa shape index (κ2) is 2.59. The van der Waals surface area contributed by atoms with Crippen molar-refractivity contribution in [3.63, 3.8) is 0 Å². The van der Waals surface area contributed by atoms with Crippen LogP contribution in [0.1, 0.15) is 17.5 Å². The van der Waals surface area contributed by atoms with Gasteiger partial charge in [0.15, 0.2) is 0 Å². The molecule has 3 nitrogen and oxygen atoms in total. The van der Waals surface area contributed by atoms with Gasteiger partial charge in [-0.05, 0) is 24.5 Å². The van der Waals surface area contributed by atoms with Crippen molar-refractivity contribution in [3.05, 3.63) is 23.4 Å². The van der Waals surface area contributed by atoms with Gasteiger partial charge in [-0.25, -0.2) is 4.98 Å². The van der Waals surface area contributed by atoms with Crippen LogP contribution in [0.15, 0.2) is 12.3 Å². The number of hydrogen-bond donors (Lipinski definition) is 1. The highest BCUT2D eigenvalue weighted by atomic mass is 16.1. The van der Waals surface area contributed by atoms with Crippen molar-refractivity contribution in [2.24, 2.45) is 0 Å². The van der Waals surface area contributed by atoms with Gasteiger partial charge in [0.2, 0.25) is 5.91 Å². The Morgan fingerprint density at radius 1 is 1.50 bits per heavy atom. The standard InChI is InChI=1S/C9H10N2O/c1-6-4-7-2-3-8(12)11-9(7)10-5-6/h4-5H,2-3H2,1H3,(H,10,11,12). The van der Waals surface area contributed by atoms with Gasteiger partial charge in [0, 0.05) is 12.6 Å². The smallest absolute Gasteiger partial charge is 0.225 e. The van der Waals surface area contributed by atoms with Gasteiger partial charge in [-0.1, -0.05) is 6.07 Å². The number of pyridine rings is 1. The molecule has 1 aliphatic heterocycles. The Labute approximate surface area is 70.8 Å². The van der Waals surface area contributed by atoms with Crippen LogP contribution in [0, 0.1) is 6.92 Å². The molecule has 62 valence electrons. The second-order valence-electron chi connectivity index (χ2n) is 3.07. The number of fused-ring (bicyclic) bond motifs is 1. The number of carbonyl (C=O) groups is 1. The molecule has 0 aliphatic carbocycles. The van der Waals surface area contributed by atoms with E-state index in [-0.39, 0.29) is 5.91 Å². The van der Waals surface area contributed by atoms with Crippen LogP contribution >= 0.6 is 0 Å². The fraction of sp³-hybridized carbons (Fsp3) is 0.333. The number of hydrogen-bond acceptors (Lipinski definition) is 2. The molecular weight excluding hydrogens is 152 g/mol. The zero-order valence-electron chi connectivity index (χ0n) is 6.92. The first-order valence-corrected chi connectivity index (χ1v) is 4.01. The third kappa shape index (κ3) is 1.18. The number of carbonyl (C=O) groups excluding carboxylic acids is 1. The number of nitrogens with zero attached hydrogens (tertiary/aromatic N) is 1. The quantitative estimate of drug-likeness (QED) is 0.624. The lowest BCUT2D eigenvalue weighted by Gasteiger charge is -2.15. The Hall–Kier alpha value is -1.38. The molecule has 1 aliphatic rings. The van der Waals surface area contributed by atoms with Crippen LogP contribution in [0.25, 0.3) is 0 Å². The van der Waals surface area contributed by atoms with Crippen molar-refractivity contribution in [2.75, 3.05) is 5.32 Å². The zero-order chi connectivity index (χ0) is 8.55. The number of aromatic nitrogens is 1. The Morgan fingerprint density at radius 2 is 2.33 bits per heavy atom. The maximum Gasteiger partial charge on any atom is 0.225 e. The molecule has 0 atom stereocenters. The van der Waals surface area contributed by atoms with E-state index in [1.54, 1.807) is 6.20 Å². The summed E-state index contributed by atoms with van der Waals surface area (Å²) >= 11 is 0. The van der Waals surface area contributed by atoms with Crippen LogP contribution < -0.4 is 5.32 Å². The van der Waals surface area contributed by atoms with Crippen LogP contribution in [-0.2, 0) is 11.2 Å². The second-order valence-corrected chi connectivity index (χ2v) is 3.07. The van der Waals surface area contributed by atoms with Gasteiger partial charge in [-0.15, -0.1) is 0 Å². The van der Waals surface area contributed by atoms with Gasteiger partial charge < -0.3 is 5.32 Å². The minimum atomic E-state index is 0.0684. The van der Waals surface area contributed by atoms with Crippen molar-refractivity contribution in [1.82, 2.24) is 4.98 Å². The maximum atomic E-state index is 11.0. The minimum Gasteiger partial charge on any atom is -0.310 e. The highest BCUT2D eigenvalue weighted by Crippen LogP contribution is 2.19. The average Bonchev–Trinajstić information content (AvgIpc) is 2.05. The summed E-state index contributed by atoms with van der Waals surface area (Å²) in [5, 5.41) is 2.74. The predicted molar refractivity (Wildman–Crippen MR) is 45.9 cm³/mol. The Balaban J connectivity index is 2.43. The number of rotatable bonds is 0. The summed E-state index contributed by atoms with van der Waals surface area (Å²) in [6, 6.07) is 2.07. The fourth-order valence-corrected chi connectivity index (χ4v) is 1.38. The van der Waals surface area contributed by atoms with Crippen LogP contribution in [0.4, 0.5) is 5.82 Å². The van der Waals surface area contributed by atoms with E-state index in [1.165, 1.54) is 0 Å². The first-order valence-electron chi connectivity index (χ1n) is 4.01. The molecule has 0 unspecified atom stereocenters. The van der Waals surface area contributed by atoms with E-state index >= 15 is 0 Å². The molecule has 2 heterocycles. The van der Waals surface area contributed by atoms with E-state index in [9.17, 15) is 4.79 Å². The fourth-order valence-electron chi connectivity index (χ4n) is 1.38. The highest BCUT2D eigenvalue weighted by Gasteiger charge is 2.14. The average molecular weight is 162 g/mol. The highest BCUT2D eigenvalue weighted by molar-refractivity contribution is 5.92. The number of aryl methyl sites for hydroxylation is 2. The summed E-state index contributed by atoms with van der Waals surface area (Å²) in [4.78, 5) is 15.1. The zero-order valence-corrected chi connectivity index (χ0v) is 6.92. The molecule has 1 aromatic rings. The third-order valence-corrected chi connectivity index (χ3v) is 1.98. The topological polar surface area (TPSA) is 42.0 Å². The molecule has 3 heteroatoms. The Bertz CT molecular complexity index is 333. The van der Waals surface area contributed by atoms with E-state index < -0.39 is 0 Å².